The maximum atomic E-state index is 12.4. The number of benzene rings is 3. The SMILES string of the molecule is C=CC(=O)Oc1ccc(-c2ccc(C(=O)Oc3ccc(CCC)cc3)cc2)cc1. The highest BCUT2D eigenvalue weighted by atomic mass is 16.5. The van der Waals surface area contributed by atoms with E-state index in [-0.39, 0.29) is 0 Å². The highest BCUT2D eigenvalue weighted by Crippen LogP contribution is 2.23. The number of hydrogen-bond donors (Lipinski definition) is 0. The zero-order chi connectivity index (χ0) is 20.6. The monoisotopic (exact) mass is 386 g/mol. The van der Waals surface area contributed by atoms with Crippen molar-refractivity contribution in [3.8, 4) is 22.6 Å². The lowest BCUT2D eigenvalue weighted by Crippen LogP contribution is -2.08. The van der Waals surface area contributed by atoms with Gasteiger partial charge in [-0.2, -0.15) is 0 Å². The zero-order valence-corrected chi connectivity index (χ0v) is 16.3. The normalized spacial score (nSPS) is 10.2. The molecule has 0 unspecified atom stereocenters. The molecule has 0 radical (unpaired) electrons. The van der Waals surface area contributed by atoms with E-state index in [1.807, 2.05) is 48.5 Å². The van der Waals surface area contributed by atoms with Crippen molar-refractivity contribution in [1.29, 1.82) is 0 Å². The molecule has 0 N–H and O–H groups in total. The minimum absolute atomic E-state index is 0.397. The number of aryl methyl sites for hydroxylation is 1. The Bertz CT molecular complexity index is 985. The Morgan fingerprint density at radius 3 is 1.86 bits per heavy atom. The Labute approximate surface area is 170 Å². The second-order valence-electron chi connectivity index (χ2n) is 6.51. The summed E-state index contributed by atoms with van der Waals surface area (Å²) in [6, 6.07) is 21.9. The minimum atomic E-state index is -0.499. The first-order chi connectivity index (χ1) is 14.1. The summed E-state index contributed by atoms with van der Waals surface area (Å²) in [5.41, 5.74) is 3.58. The molecule has 0 bridgehead atoms. The Kier molecular flexibility index (Phi) is 6.59. The summed E-state index contributed by atoms with van der Waals surface area (Å²) in [5, 5.41) is 0. The Balaban J connectivity index is 1.65. The molecule has 29 heavy (non-hydrogen) atoms. The molecular formula is C25H22O4. The Morgan fingerprint density at radius 2 is 1.31 bits per heavy atom. The van der Waals surface area contributed by atoms with Crippen molar-refractivity contribution in [3.05, 3.63) is 96.6 Å². The van der Waals surface area contributed by atoms with Gasteiger partial charge in [0.2, 0.25) is 0 Å². The minimum Gasteiger partial charge on any atom is -0.423 e. The predicted octanol–water partition coefficient (Wildman–Crippen LogP) is 5.62. The number of rotatable bonds is 7. The van der Waals surface area contributed by atoms with E-state index in [9.17, 15) is 9.59 Å². The number of carbonyl (C=O) groups excluding carboxylic acids is 2. The maximum absolute atomic E-state index is 12.4. The molecule has 4 heteroatoms. The van der Waals surface area contributed by atoms with Crippen molar-refractivity contribution in [3.63, 3.8) is 0 Å². The molecule has 3 aromatic carbocycles. The summed E-state index contributed by atoms with van der Waals surface area (Å²) in [7, 11) is 0. The third kappa shape index (κ3) is 5.42. The summed E-state index contributed by atoms with van der Waals surface area (Å²) < 4.78 is 10.5. The summed E-state index contributed by atoms with van der Waals surface area (Å²) in [6.45, 7) is 5.50. The first-order valence-corrected chi connectivity index (χ1v) is 9.45. The fourth-order valence-electron chi connectivity index (χ4n) is 2.85. The van der Waals surface area contributed by atoms with Crippen LogP contribution in [0.15, 0.2) is 85.5 Å². The molecule has 0 fully saturated rings. The number of hydrogen-bond acceptors (Lipinski definition) is 4. The van der Waals surface area contributed by atoms with E-state index >= 15 is 0 Å². The Morgan fingerprint density at radius 1 is 0.793 bits per heavy atom. The lowest BCUT2D eigenvalue weighted by molar-refractivity contribution is -0.128. The van der Waals surface area contributed by atoms with Gasteiger partial charge in [0.05, 0.1) is 5.56 Å². The first-order valence-electron chi connectivity index (χ1n) is 9.45. The first kappa shape index (κ1) is 20.1. The van der Waals surface area contributed by atoms with Crippen molar-refractivity contribution in [2.45, 2.75) is 19.8 Å². The largest absolute Gasteiger partial charge is 0.423 e. The van der Waals surface area contributed by atoms with E-state index in [1.165, 1.54) is 5.56 Å². The quantitative estimate of drug-likeness (QED) is 0.301. The van der Waals surface area contributed by atoms with Gasteiger partial charge in [-0.05, 0) is 59.5 Å². The van der Waals surface area contributed by atoms with Crippen molar-refractivity contribution >= 4 is 11.9 Å². The molecule has 0 saturated carbocycles. The van der Waals surface area contributed by atoms with Crippen LogP contribution in [0, 0.1) is 0 Å². The van der Waals surface area contributed by atoms with Crippen LogP contribution < -0.4 is 9.47 Å². The summed E-state index contributed by atoms with van der Waals surface area (Å²) in [5.74, 6) is 0.0829. The van der Waals surface area contributed by atoms with Gasteiger partial charge in [0.1, 0.15) is 11.5 Å². The standard InChI is InChI=1S/C25H22O4/c1-3-5-18-6-14-23(15-7-18)29-25(27)21-10-8-19(9-11-21)20-12-16-22(17-13-20)28-24(26)4-2/h4,6-17H,2-3,5H2,1H3. The Hall–Kier alpha value is -3.66. The third-order valence-corrected chi connectivity index (χ3v) is 4.37. The van der Waals surface area contributed by atoms with Crippen LogP contribution in [-0.2, 0) is 11.2 Å². The average molecular weight is 386 g/mol. The highest BCUT2D eigenvalue weighted by Gasteiger charge is 2.09. The van der Waals surface area contributed by atoms with Gasteiger partial charge in [0.15, 0.2) is 0 Å². The number of carbonyl (C=O) groups is 2. The second-order valence-corrected chi connectivity index (χ2v) is 6.51. The average Bonchev–Trinajstić information content (AvgIpc) is 2.76. The summed E-state index contributed by atoms with van der Waals surface area (Å²) >= 11 is 0. The van der Waals surface area contributed by atoms with E-state index in [0.717, 1.165) is 30.0 Å². The molecule has 0 atom stereocenters. The lowest BCUT2D eigenvalue weighted by Gasteiger charge is -2.07. The van der Waals surface area contributed by atoms with E-state index in [0.29, 0.717) is 17.1 Å². The van der Waals surface area contributed by atoms with Gasteiger partial charge in [-0.15, -0.1) is 0 Å². The zero-order valence-electron chi connectivity index (χ0n) is 16.3. The van der Waals surface area contributed by atoms with E-state index in [2.05, 4.69) is 13.5 Å². The van der Waals surface area contributed by atoms with E-state index < -0.39 is 11.9 Å². The molecule has 0 aliphatic heterocycles. The van der Waals surface area contributed by atoms with E-state index in [4.69, 9.17) is 9.47 Å². The fourth-order valence-corrected chi connectivity index (χ4v) is 2.85. The van der Waals surface area contributed by atoms with Crippen LogP contribution >= 0.6 is 0 Å². The summed E-state index contributed by atoms with van der Waals surface area (Å²) in [4.78, 5) is 23.6. The number of ether oxygens (including phenoxy) is 2. The predicted molar refractivity (Wildman–Crippen MR) is 113 cm³/mol. The van der Waals surface area contributed by atoms with Crippen LogP contribution in [0.3, 0.4) is 0 Å². The smallest absolute Gasteiger partial charge is 0.343 e. The molecule has 0 amide bonds. The van der Waals surface area contributed by atoms with Crippen LogP contribution in [0.4, 0.5) is 0 Å². The van der Waals surface area contributed by atoms with Crippen LogP contribution in [0.2, 0.25) is 0 Å². The molecule has 0 saturated heterocycles. The van der Waals surface area contributed by atoms with Crippen molar-refractivity contribution in [1.82, 2.24) is 0 Å². The molecule has 146 valence electrons. The fraction of sp³-hybridized carbons (Fsp3) is 0.120. The van der Waals surface area contributed by atoms with Gasteiger partial charge < -0.3 is 9.47 Å². The molecule has 3 rings (SSSR count). The van der Waals surface area contributed by atoms with E-state index in [1.54, 1.807) is 24.3 Å². The van der Waals surface area contributed by atoms with Gasteiger partial charge in [-0.3, -0.25) is 0 Å². The topological polar surface area (TPSA) is 52.6 Å². The van der Waals surface area contributed by atoms with Crippen LogP contribution in [0.5, 0.6) is 11.5 Å². The second kappa shape index (κ2) is 9.51. The third-order valence-electron chi connectivity index (χ3n) is 4.37. The molecular weight excluding hydrogens is 364 g/mol. The van der Waals surface area contributed by atoms with Gasteiger partial charge >= 0.3 is 11.9 Å². The van der Waals surface area contributed by atoms with Gasteiger partial charge in [-0.25, -0.2) is 9.59 Å². The lowest BCUT2D eigenvalue weighted by atomic mass is 10.0. The van der Waals surface area contributed by atoms with Crippen molar-refractivity contribution in [2.24, 2.45) is 0 Å². The maximum Gasteiger partial charge on any atom is 0.343 e. The van der Waals surface area contributed by atoms with Crippen molar-refractivity contribution < 1.29 is 19.1 Å². The molecule has 0 aliphatic carbocycles. The van der Waals surface area contributed by atoms with Crippen LogP contribution in [0.25, 0.3) is 11.1 Å². The molecule has 3 aromatic rings. The van der Waals surface area contributed by atoms with Gasteiger partial charge in [-0.1, -0.05) is 56.3 Å². The van der Waals surface area contributed by atoms with Gasteiger partial charge in [0.25, 0.3) is 0 Å². The van der Waals surface area contributed by atoms with Crippen LogP contribution in [0.1, 0.15) is 29.3 Å². The molecule has 0 spiro atoms. The molecule has 0 aliphatic rings. The molecule has 0 aromatic heterocycles. The molecule has 0 heterocycles. The van der Waals surface area contributed by atoms with Gasteiger partial charge in [0, 0.05) is 6.08 Å². The molecule has 4 nitrogen and oxygen atoms in total. The van der Waals surface area contributed by atoms with Crippen LogP contribution in [-0.4, -0.2) is 11.9 Å². The summed E-state index contributed by atoms with van der Waals surface area (Å²) in [6.07, 6.45) is 3.20. The van der Waals surface area contributed by atoms with Crippen molar-refractivity contribution in [2.75, 3.05) is 0 Å². The number of esters is 2. The highest BCUT2D eigenvalue weighted by molar-refractivity contribution is 5.91.